The van der Waals surface area contributed by atoms with Crippen molar-refractivity contribution >= 4 is 0 Å². The number of rotatable bonds is 1. The average Bonchev–Trinajstić information content (AvgIpc) is 2.74. The molecule has 1 aromatic rings. The summed E-state index contributed by atoms with van der Waals surface area (Å²) >= 11 is 0. The number of halogens is 1. The largest absolute Gasteiger partial charge is 0.379 e. The van der Waals surface area contributed by atoms with E-state index in [1.165, 1.54) is 11.1 Å². The number of nitrogens with zero attached hydrogens (tertiary/aromatic N) is 1. The van der Waals surface area contributed by atoms with E-state index in [4.69, 9.17) is 4.74 Å². The van der Waals surface area contributed by atoms with Crippen molar-refractivity contribution < 1.29 is 9.13 Å². The van der Waals surface area contributed by atoms with Gasteiger partial charge in [0, 0.05) is 19.1 Å². The van der Waals surface area contributed by atoms with Crippen LogP contribution in [0, 0.1) is 12.7 Å². The van der Waals surface area contributed by atoms with Gasteiger partial charge in [-0.1, -0.05) is 6.07 Å². The highest BCUT2D eigenvalue weighted by atomic mass is 19.1. The maximum absolute atomic E-state index is 13.7. The quantitative estimate of drug-likeness (QED) is 0.741. The number of fused-ring (bicyclic) bond motifs is 1. The van der Waals surface area contributed by atoms with Crippen LogP contribution in [0.4, 0.5) is 4.39 Å². The molecule has 1 saturated heterocycles. The normalized spacial score (nSPS) is 24.9. The molecule has 3 rings (SSSR count). The lowest BCUT2D eigenvalue weighted by atomic mass is 10.0. The van der Waals surface area contributed by atoms with Gasteiger partial charge in [0.2, 0.25) is 0 Å². The highest BCUT2D eigenvalue weighted by molar-refractivity contribution is 5.38. The van der Waals surface area contributed by atoms with E-state index >= 15 is 0 Å². The molecule has 1 aliphatic carbocycles. The van der Waals surface area contributed by atoms with Gasteiger partial charge in [-0.15, -0.1) is 0 Å². The second-order valence-corrected chi connectivity index (χ2v) is 5.00. The first-order chi connectivity index (χ1) is 8.25. The highest BCUT2D eigenvalue weighted by Crippen LogP contribution is 2.37. The molecule has 0 amide bonds. The lowest BCUT2D eigenvalue weighted by Gasteiger charge is -2.32. The van der Waals surface area contributed by atoms with Gasteiger partial charge in [0.1, 0.15) is 5.82 Å². The van der Waals surface area contributed by atoms with Crippen molar-refractivity contribution in [3.63, 3.8) is 0 Å². The summed E-state index contributed by atoms with van der Waals surface area (Å²) in [6, 6.07) is 4.17. The van der Waals surface area contributed by atoms with E-state index < -0.39 is 0 Å². The summed E-state index contributed by atoms with van der Waals surface area (Å²) in [4.78, 5) is 2.43. The molecule has 1 heterocycles. The van der Waals surface area contributed by atoms with Gasteiger partial charge < -0.3 is 4.74 Å². The molecule has 0 spiro atoms. The Morgan fingerprint density at radius 3 is 2.82 bits per heavy atom. The van der Waals surface area contributed by atoms with Crippen LogP contribution in [0.25, 0.3) is 0 Å². The average molecular weight is 235 g/mol. The molecule has 17 heavy (non-hydrogen) atoms. The van der Waals surface area contributed by atoms with Crippen molar-refractivity contribution in [1.29, 1.82) is 0 Å². The Hall–Kier alpha value is -0.930. The Morgan fingerprint density at radius 2 is 2.06 bits per heavy atom. The van der Waals surface area contributed by atoms with Gasteiger partial charge in [0.25, 0.3) is 0 Å². The molecule has 0 N–H and O–H groups in total. The SMILES string of the molecule is Cc1cc2c(cc1F)C(N1CCOCC1)CC2. The Morgan fingerprint density at radius 1 is 1.29 bits per heavy atom. The molecule has 0 saturated carbocycles. The van der Waals surface area contributed by atoms with Gasteiger partial charge in [-0.2, -0.15) is 0 Å². The Balaban J connectivity index is 1.89. The molecule has 1 fully saturated rings. The molecule has 3 heteroatoms. The van der Waals surface area contributed by atoms with Crippen molar-refractivity contribution in [2.75, 3.05) is 26.3 Å². The zero-order valence-electron chi connectivity index (χ0n) is 10.2. The fraction of sp³-hybridized carbons (Fsp3) is 0.571. The number of hydrogen-bond acceptors (Lipinski definition) is 2. The molecular weight excluding hydrogens is 217 g/mol. The van der Waals surface area contributed by atoms with E-state index in [1.54, 1.807) is 6.07 Å². The molecule has 1 aliphatic heterocycles. The third kappa shape index (κ3) is 1.98. The summed E-state index contributed by atoms with van der Waals surface area (Å²) in [5, 5.41) is 0. The van der Waals surface area contributed by atoms with Crippen LogP contribution in [-0.2, 0) is 11.2 Å². The number of ether oxygens (including phenoxy) is 1. The predicted octanol–water partition coefficient (Wildman–Crippen LogP) is 2.45. The van der Waals surface area contributed by atoms with Gasteiger partial charge in [0.05, 0.1) is 13.2 Å². The molecule has 0 aromatic heterocycles. The van der Waals surface area contributed by atoms with Crippen LogP contribution >= 0.6 is 0 Å². The first-order valence-corrected chi connectivity index (χ1v) is 6.36. The van der Waals surface area contributed by atoms with Crippen molar-refractivity contribution in [2.45, 2.75) is 25.8 Å². The fourth-order valence-corrected chi connectivity index (χ4v) is 3.00. The minimum atomic E-state index is -0.0658. The van der Waals surface area contributed by atoms with E-state index in [9.17, 15) is 4.39 Å². The zero-order valence-corrected chi connectivity index (χ0v) is 10.2. The monoisotopic (exact) mass is 235 g/mol. The Kier molecular flexibility index (Phi) is 2.89. The summed E-state index contributed by atoms with van der Waals surface area (Å²) in [5.41, 5.74) is 3.31. The summed E-state index contributed by atoms with van der Waals surface area (Å²) in [6.45, 7) is 5.40. The minimum absolute atomic E-state index is 0.0658. The van der Waals surface area contributed by atoms with Gasteiger partial charge in [-0.05, 0) is 42.5 Å². The standard InChI is InChI=1S/C14H18FNO/c1-10-8-11-2-3-14(12(11)9-13(10)15)16-4-6-17-7-5-16/h8-9,14H,2-7H2,1H3. The molecule has 1 aromatic carbocycles. The summed E-state index contributed by atoms with van der Waals surface area (Å²) in [7, 11) is 0. The zero-order chi connectivity index (χ0) is 11.8. The third-order valence-corrected chi connectivity index (χ3v) is 3.95. The van der Waals surface area contributed by atoms with Crippen LogP contribution in [0.5, 0.6) is 0 Å². The van der Waals surface area contributed by atoms with E-state index in [2.05, 4.69) is 4.90 Å². The predicted molar refractivity (Wildman–Crippen MR) is 64.6 cm³/mol. The first-order valence-electron chi connectivity index (χ1n) is 6.36. The lowest BCUT2D eigenvalue weighted by molar-refractivity contribution is 0.0164. The molecule has 2 aliphatic rings. The lowest BCUT2D eigenvalue weighted by Crippen LogP contribution is -2.38. The Labute approximate surface area is 101 Å². The molecule has 92 valence electrons. The molecular formula is C14H18FNO. The van der Waals surface area contributed by atoms with Crippen molar-refractivity contribution in [2.24, 2.45) is 0 Å². The number of hydrogen-bond donors (Lipinski definition) is 0. The first kappa shape index (κ1) is 11.2. The third-order valence-electron chi connectivity index (χ3n) is 3.95. The second kappa shape index (κ2) is 4.39. The maximum Gasteiger partial charge on any atom is 0.126 e. The number of benzene rings is 1. The van der Waals surface area contributed by atoms with Crippen LogP contribution in [0.2, 0.25) is 0 Å². The number of aryl methyl sites for hydroxylation is 2. The summed E-state index contributed by atoms with van der Waals surface area (Å²) in [5.74, 6) is -0.0658. The van der Waals surface area contributed by atoms with Crippen LogP contribution in [-0.4, -0.2) is 31.2 Å². The van der Waals surface area contributed by atoms with Crippen LogP contribution < -0.4 is 0 Å². The van der Waals surface area contributed by atoms with Gasteiger partial charge in [0.15, 0.2) is 0 Å². The van der Waals surface area contributed by atoms with E-state index in [0.29, 0.717) is 6.04 Å². The Bertz CT molecular complexity index is 426. The van der Waals surface area contributed by atoms with Gasteiger partial charge in [-0.25, -0.2) is 4.39 Å². The van der Waals surface area contributed by atoms with Crippen molar-refractivity contribution in [3.8, 4) is 0 Å². The van der Waals surface area contributed by atoms with Crippen LogP contribution in [0.1, 0.15) is 29.2 Å². The van der Waals surface area contributed by atoms with Crippen molar-refractivity contribution in [1.82, 2.24) is 4.90 Å². The molecule has 0 radical (unpaired) electrons. The number of morpholine rings is 1. The van der Waals surface area contributed by atoms with E-state index in [0.717, 1.165) is 44.7 Å². The minimum Gasteiger partial charge on any atom is -0.379 e. The maximum atomic E-state index is 13.7. The van der Waals surface area contributed by atoms with Gasteiger partial charge >= 0.3 is 0 Å². The second-order valence-electron chi connectivity index (χ2n) is 5.00. The molecule has 0 bridgehead atoms. The van der Waals surface area contributed by atoms with Crippen molar-refractivity contribution in [3.05, 3.63) is 34.6 Å². The fourth-order valence-electron chi connectivity index (χ4n) is 3.00. The molecule has 2 nitrogen and oxygen atoms in total. The smallest absolute Gasteiger partial charge is 0.126 e. The van der Waals surface area contributed by atoms with E-state index in [-0.39, 0.29) is 5.82 Å². The van der Waals surface area contributed by atoms with E-state index in [1.807, 2.05) is 13.0 Å². The van der Waals surface area contributed by atoms with Crippen LogP contribution in [0.15, 0.2) is 12.1 Å². The highest BCUT2D eigenvalue weighted by Gasteiger charge is 2.29. The topological polar surface area (TPSA) is 12.5 Å². The molecule has 1 atom stereocenters. The van der Waals surface area contributed by atoms with Crippen LogP contribution in [0.3, 0.4) is 0 Å². The molecule has 1 unspecified atom stereocenters. The summed E-state index contributed by atoms with van der Waals surface area (Å²) in [6.07, 6.45) is 2.21. The van der Waals surface area contributed by atoms with Gasteiger partial charge in [-0.3, -0.25) is 4.90 Å². The summed E-state index contributed by atoms with van der Waals surface area (Å²) < 4.78 is 19.0.